The highest BCUT2D eigenvalue weighted by Crippen LogP contribution is 2.31. The minimum Gasteiger partial charge on any atom is -0.354 e. The third kappa shape index (κ3) is 4.67. The first kappa shape index (κ1) is 19.8. The molecule has 0 saturated carbocycles. The first-order valence-corrected chi connectivity index (χ1v) is 9.54. The summed E-state index contributed by atoms with van der Waals surface area (Å²) in [7, 11) is 1.88. The average Bonchev–Trinajstić information content (AvgIpc) is 3.07. The van der Waals surface area contributed by atoms with Crippen molar-refractivity contribution in [1.29, 1.82) is 0 Å². The zero-order chi connectivity index (χ0) is 19.9. The van der Waals surface area contributed by atoms with Crippen LogP contribution in [0.25, 0.3) is 22.2 Å². The summed E-state index contributed by atoms with van der Waals surface area (Å²) in [6.45, 7) is 4.59. The molecule has 5 heteroatoms. The van der Waals surface area contributed by atoms with Crippen LogP contribution in [0.5, 0.6) is 0 Å². The molecule has 1 atom stereocenters. The van der Waals surface area contributed by atoms with Gasteiger partial charge in [0.2, 0.25) is 5.91 Å². The molecule has 1 amide bonds. The Morgan fingerprint density at radius 3 is 2.75 bits per heavy atom. The van der Waals surface area contributed by atoms with Gasteiger partial charge in [-0.1, -0.05) is 36.4 Å². The van der Waals surface area contributed by atoms with Gasteiger partial charge >= 0.3 is 0 Å². The molecule has 3 N–H and O–H groups in total. The maximum absolute atomic E-state index is 13.9. The van der Waals surface area contributed by atoms with Crippen LogP contribution >= 0.6 is 0 Å². The molecule has 4 nitrogen and oxygen atoms in total. The Balaban J connectivity index is 1.82. The number of rotatable bonds is 9. The second-order valence-electron chi connectivity index (χ2n) is 6.84. The number of halogens is 1. The fraction of sp³-hybridized carbons (Fsp3) is 0.261. The van der Waals surface area contributed by atoms with E-state index in [1.807, 2.05) is 37.4 Å². The number of benzene rings is 2. The van der Waals surface area contributed by atoms with Gasteiger partial charge in [-0.3, -0.25) is 4.79 Å². The molecule has 1 unspecified atom stereocenters. The topological polar surface area (TPSA) is 56.9 Å². The van der Waals surface area contributed by atoms with Crippen molar-refractivity contribution in [3.05, 3.63) is 72.6 Å². The van der Waals surface area contributed by atoms with Gasteiger partial charge < -0.3 is 15.6 Å². The maximum Gasteiger partial charge on any atom is 0.220 e. The third-order valence-corrected chi connectivity index (χ3v) is 4.87. The van der Waals surface area contributed by atoms with Crippen LogP contribution in [0.4, 0.5) is 4.39 Å². The van der Waals surface area contributed by atoms with E-state index in [2.05, 4.69) is 22.2 Å². The summed E-state index contributed by atoms with van der Waals surface area (Å²) >= 11 is 0. The Labute approximate surface area is 164 Å². The van der Waals surface area contributed by atoms with E-state index in [4.69, 9.17) is 0 Å². The standard InChI is InChI=1S/C23H26FN3O/c1-3-18(13-14-25-2)26-22(28)12-10-19-20-15-17(24)9-11-21(20)27-23(19)16-7-5-4-6-8-16/h3-9,11,15,18,25,27H,1,10,12-14H2,2H3,(H,26,28). The van der Waals surface area contributed by atoms with Crippen molar-refractivity contribution in [2.24, 2.45) is 0 Å². The summed E-state index contributed by atoms with van der Waals surface area (Å²) < 4.78 is 13.9. The van der Waals surface area contributed by atoms with Crippen LogP contribution in [0, 0.1) is 5.82 Å². The fourth-order valence-corrected chi connectivity index (χ4v) is 3.40. The van der Waals surface area contributed by atoms with Gasteiger partial charge in [0.15, 0.2) is 0 Å². The predicted molar refractivity (Wildman–Crippen MR) is 113 cm³/mol. The largest absolute Gasteiger partial charge is 0.354 e. The van der Waals surface area contributed by atoms with E-state index in [9.17, 15) is 9.18 Å². The zero-order valence-corrected chi connectivity index (χ0v) is 16.1. The molecule has 0 radical (unpaired) electrons. The fourth-order valence-electron chi connectivity index (χ4n) is 3.40. The molecule has 0 aliphatic rings. The molecule has 2 aromatic carbocycles. The number of carbonyl (C=O) groups is 1. The van der Waals surface area contributed by atoms with Crippen LogP contribution in [0.2, 0.25) is 0 Å². The van der Waals surface area contributed by atoms with Gasteiger partial charge in [0.1, 0.15) is 5.82 Å². The summed E-state index contributed by atoms with van der Waals surface area (Å²) in [6, 6.07) is 14.6. The Morgan fingerprint density at radius 1 is 1.25 bits per heavy atom. The molecule has 1 heterocycles. The van der Waals surface area contributed by atoms with Crippen LogP contribution < -0.4 is 10.6 Å². The first-order chi connectivity index (χ1) is 13.6. The van der Waals surface area contributed by atoms with E-state index >= 15 is 0 Å². The highest BCUT2D eigenvalue weighted by atomic mass is 19.1. The van der Waals surface area contributed by atoms with Gasteiger partial charge in [0.25, 0.3) is 0 Å². The number of amides is 1. The molecule has 3 rings (SSSR count). The van der Waals surface area contributed by atoms with E-state index in [0.717, 1.165) is 40.7 Å². The van der Waals surface area contributed by atoms with E-state index in [1.165, 1.54) is 12.1 Å². The molecular weight excluding hydrogens is 353 g/mol. The Kier molecular flexibility index (Phi) is 6.61. The molecule has 0 fully saturated rings. The second kappa shape index (κ2) is 9.33. The van der Waals surface area contributed by atoms with Gasteiger partial charge in [-0.2, -0.15) is 0 Å². The predicted octanol–water partition coefficient (Wildman–Crippen LogP) is 4.19. The second-order valence-corrected chi connectivity index (χ2v) is 6.84. The number of hydrogen-bond donors (Lipinski definition) is 3. The number of fused-ring (bicyclic) bond motifs is 1. The van der Waals surface area contributed by atoms with Crippen molar-refractivity contribution in [2.75, 3.05) is 13.6 Å². The number of aromatic nitrogens is 1. The molecule has 0 aliphatic carbocycles. The molecule has 3 aromatic rings. The lowest BCUT2D eigenvalue weighted by Gasteiger charge is -2.14. The first-order valence-electron chi connectivity index (χ1n) is 9.54. The smallest absolute Gasteiger partial charge is 0.220 e. The van der Waals surface area contributed by atoms with Crippen molar-refractivity contribution >= 4 is 16.8 Å². The van der Waals surface area contributed by atoms with Crippen LogP contribution in [0.1, 0.15) is 18.4 Å². The summed E-state index contributed by atoms with van der Waals surface area (Å²) in [5, 5.41) is 6.90. The van der Waals surface area contributed by atoms with Gasteiger partial charge in [0.05, 0.1) is 0 Å². The van der Waals surface area contributed by atoms with E-state index in [1.54, 1.807) is 12.1 Å². The van der Waals surface area contributed by atoms with Gasteiger partial charge in [-0.15, -0.1) is 6.58 Å². The maximum atomic E-state index is 13.9. The lowest BCUT2D eigenvalue weighted by atomic mass is 10.0. The zero-order valence-electron chi connectivity index (χ0n) is 16.1. The minimum absolute atomic E-state index is 0.0363. The molecular formula is C23H26FN3O. The third-order valence-electron chi connectivity index (χ3n) is 4.87. The SMILES string of the molecule is C=CC(CCNC)NC(=O)CCc1c(-c2ccccc2)[nH]c2ccc(F)cc12. The van der Waals surface area contributed by atoms with Gasteiger partial charge in [-0.05, 0) is 55.8 Å². The number of aryl methyl sites for hydroxylation is 1. The molecule has 0 saturated heterocycles. The van der Waals surface area contributed by atoms with E-state index < -0.39 is 0 Å². The minimum atomic E-state index is -0.282. The van der Waals surface area contributed by atoms with Crippen molar-refractivity contribution in [3.63, 3.8) is 0 Å². The number of aromatic amines is 1. The lowest BCUT2D eigenvalue weighted by molar-refractivity contribution is -0.121. The average molecular weight is 379 g/mol. The number of hydrogen-bond acceptors (Lipinski definition) is 2. The number of H-pyrrole nitrogens is 1. The van der Waals surface area contributed by atoms with Gasteiger partial charge in [-0.25, -0.2) is 4.39 Å². The Morgan fingerprint density at radius 2 is 2.04 bits per heavy atom. The van der Waals surface area contributed by atoms with E-state index in [-0.39, 0.29) is 17.8 Å². The van der Waals surface area contributed by atoms with Gasteiger partial charge in [0, 0.05) is 29.1 Å². The number of nitrogens with one attached hydrogen (secondary N) is 3. The quantitative estimate of drug-likeness (QED) is 0.488. The Hall–Kier alpha value is -2.92. The van der Waals surface area contributed by atoms with Crippen LogP contribution in [0.15, 0.2) is 61.2 Å². The monoisotopic (exact) mass is 379 g/mol. The normalized spacial score (nSPS) is 12.1. The summed E-state index contributed by atoms with van der Waals surface area (Å²) in [4.78, 5) is 15.8. The highest BCUT2D eigenvalue weighted by molar-refractivity contribution is 5.91. The molecule has 1 aromatic heterocycles. The van der Waals surface area contributed by atoms with Crippen LogP contribution in [0.3, 0.4) is 0 Å². The molecule has 146 valence electrons. The summed E-state index contributed by atoms with van der Waals surface area (Å²) in [5.74, 6) is -0.318. The molecule has 0 spiro atoms. The van der Waals surface area contributed by atoms with Crippen molar-refractivity contribution in [1.82, 2.24) is 15.6 Å². The highest BCUT2D eigenvalue weighted by Gasteiger charge is 2.16. The van der Waals surface area contributed by atoms with Crippen molar-refractivity contribution in [2.45, 2.75) is 25.3 Å². The molecule has 0 bridgehead atoms. The van der Waals surface area contributed by atoms with E-state index in [0.29, 0.717) is 12.8 Å². The number of carbonyl (C=O) groups excluding carboxylic acids is 1. The Bertz CT molecular complexity index is 949. The molecule has 28 heavy (non-hydrogen) atoms. The molecule has 0 aliphatic heterocycles. The van der Waals surface area contributed by atoms with Crippen LogP contribution in [-0.2, 0) is 11.2 Å². The van der Waals surface area contributed by atoms with Crippen molar-refractivity contribution in [3.8, 4) is 11.3 Å². The summed E-state index contributed by atoms with van der Waals surface area (Å²) in [6.07, 6.45) is 3.40. The van der Waals surface area contributed by atoms with Crippen molar-refractivity contribution < 1.29 is 9.18 Å². The lowest BCUT2D eigenvalue weighted by Crippen LogP contribution is -2.35. The van der Waals surface area contributed by atoms with Crippen LogP contribution in [-0.4, -0.2) is 30.5 Å². The summed E-state index contributed by atoms with van der Waals surface area (Å²) in [5.41, 5.74) is 3.78.